The Kier molecular flexibility index (Phi) is 2.73. The van der Waals surface area contributed by atoms with E-state index in [9.17, 15) is 4.39 Å². The zero-order valence-electron chi connectivity index (χ0n) is 8.63. The molecule has 0 aromatic heterocycles. The molecule has 0 atom stereocenters. The van der Waals surface area contributed by atoms with Crippen molar-refractivity contribution in [2.45, 2.75) is 18.4 Å². The second-order valence-corrected chi connectivity index (χ2v) is 5.23. The van der Waals surface area contributed by atoms with Gasteiger partial charge in [0, 0.05) is 23.6 Å². The zero-order chi connectivity index (χ0) is 11.1. The molecule has 0 radical (unpaired) electrons. The Balaban J connectivity index is 2.16. The first-order valence-corrected chi connectivity index (χ1v) is 5.75. The lowest BCUT2D eigenvalue weighted by Gasteiger charge is -2.23. The van der Waals surface area contributed by atoms with Crippen molar-refractivity contribution in [2.24, 2.45) is 5.73 Å². The van der Waals surface area contributed by atoms with E-state index in [4.69, 9.17) is 5.73 Å². The molecule has 2 N–H and O–H groups in total. The van der Waals surface area contributed by atoms with E-state index in [2.05, 4.69) is 15.9 Å². The van der Waals surface area contributed by atoms with E-state index in [0.717, 1.165) is 17.3 Å². The van der Waals surface area contributed by atoms with E-state index in [1.165, 1.54) is 6.07 Å². The summed E-state index contributed by atoms with van der Waals surface area (Å²) in [5.41, 5.74) is 6.50. The number of hydrogen-bond donors (Lipinski definition) is 1. The van der Waals surface area contributed by atoms with E-state index in [1.807, 2.05) is 11.9 Å². The average Bonchev–Trinajstić information content (AvgIpc) is 2.87. The van der Waals surface area contributed by atoms with Gasteiger partial charge in [0.05, 0.1) is 5.69 Å². The van der Waals surface area contributed by atoms with Crippen molar-refractivity contribution in [3.63, 3.8) is 0 Å². The molecule has 0 spiro atoms. The third-order valence-electron chi connectivity index (χ3n) is 2.76. The lowest BCUT2D eigenvalue weighted by molar-refractivity contribution is 0.606. The van der Waals surface area contributed by atoms with Gasteiger partial charge in [0.2, 0.25) is 0 Å². The molecule has 4 heteroatoms. The molecular weight excluding hydrogens is 259 g/mol. The first-order valence-electron chi connectivity index (χ1n) is 4.95. The van der Waals surface area contributed by atoms with E-state index >= 15 is 0 Å². The van der Waals surface area contributed by atoms with E-state index in [-0.39, 0.29) is 11.4 Å². The summed E-state index contributed by atoms with van der Waals surface area (Å²) >= 11 is 3.34. The van der Waals surface area contributed by atoms with Crippen molar-refractivity contribution in [3.8, 4) is 0 Å². The van der Waals surface area contributed by atoms with Crippen LogP contribution in [0.15, 0.2) is 22.7 Å². The lowest BCUT2D eigenvalue weighted by atomic mass is 10.2. The van der Waals surface area contributed by atoms with Crippen LogP contribution in [0.25, 0.3) is 0 Å². The summed E-state index contributed by atoms with van der Waals surface area (Å²) in [6.07, 6.45) is 2.07. The van der Waals surface area contributed by atoms with E-state index in [1.54, 1.807) is 12.1 Å². The van der Waals surface area contributed by atoms with Crippen LogP contribution in [-0.2, 0) is 0 Å². The maximum Gasteiger partial charge on any atom is 0.146 e. The van der Waals surface area contributed by atoms with Crippen molar-refractivity contribution in [1.82, 2.24) is 0 Å². The highest BCUT2D eigenvalue weighted by molar-refractivity contribution is 9.10. The van der Waals surface area contributed by atoms with Crippen LogP contribution in [0.2, 0.25) is 0 Å². The van der Waals surface area contributed by atoms with Crippen molar-refractivity contribution in [3.05, 3.63) is 28.5 Å². The molecule has 0 saturated heterocycles. The van der Waals surface area contributed by atoms with Crippen molar-refractivity contribution in [1.29, 1.82) is 0 Å². The van der Waals surface area contributed by atoms with Gasteiger partial charge in [-0.25, -0.2) is 4.39 Å². The summed E-state index contributed by atoms with van der Waals surface area (Å²) in [6, 6.07) is 4.94. The van der Waals surface area contributed by atoms with Gasteiger partial charge in [-0.15, -0.1) is 0 Å². The topological polar surface area (TPSA) is 29.3 Å². The molecule has 1 saturated carbocycles. The number of nitrogens with zero attached hydrogens (tertiary/aromatic N) is 1. The predicted octanol–water partition coefficient (Wildman–Crippen LogP) is 2.52. The first kappa shape index (κ1) is 10.9. The summed E-state index contributed by atoms with van der Waals surface area (Å²) in [6.45, 7) is 0.709. The quantitative estimate of drug-likeness (QED) is 0.916. The fraction of sp³-hybridized carbons (Fsp3) is 0.455. The SMILES string of the molecule is CN(CC1(N)CC1)c1cc(Br)ccc1F. The fourth-order valence-electron chi connectivity index (χ4n) is 1.65. The van der Waals surface area contributed by atoms with Crippen molar-refractivity contribution < 1.29 is 4.39 Å². The summed E-state index contributed by atoms with van der Waals surface area (Å²) in [5.74, 6) is -0.204. The average molecular weight is 273 g/mol. The van der Waals surface area contributed by atoms with Crippen LogP contribution in [-0.4, -0.2) is 19.1 Å². The second kappa shape index (κ2) is 3.76. The van der Waals surface area contributed by atoms with Crippen LogP contribution in [0.1, 0.15) is 12.8 Å². The maximum atomic E-state index is 13.5. The Hall–Kier alpha value is -0.610. The molecule has 0 unspecified atom stereocenters. The van der Waals surface area contributed by atoms with Gasteiger partial charge in [-0.2, -0.15) is 0 Å². The molecule has 0 bridgehead atoms. The zero-order valence-corrected chi connectivity index (χ0v) is 10.2. The van der Waals surface area contributed by atoms with Crippen molar-refractivity contribution >= 4 is 21.6 Å². The largest absolute Gasteiger partial charge is 0.370 e. The number of likely N-dealkylation sites (N-methyl/N-ethyl adjacent to an activating group) is 1. The van der Waals surface area contributed by atoms with Gasteiger partial charge in [0.1, 0.15) is 5.82 Å². The molecule has 1 aliphatic rings. The van der Waals surface area contributed by atoms with Crippen molar-refractivity contribution in [2.75, 3.05) is 18.5 Å². The molecular formula is C11H14BrFN2. The van der Waals surface area contributed by atoms with Gasteiger partial charge in [0.25, 0.3) is 0 Å². The number of nitrogens with two attached hydrogens (primary N) is 1. The highest BCUT2D eigenvalue weighted by Gasteiger charge is 2.39. The lowest BCUT2D eigenvalue weighted by Crippen LogP contribution is -2.37. The molecule has 2 rings (SSSR count). The molecule has 2 nitrogen and oxygen atoms in total. The van der Waals surface area contributed by atoms with Gasteiger partial charge >= 0.3 is 0 Å². The van der Waals surface area contributed by atoms with E-state index < -0.39 is 0 Å². The molecule has 0 heterocycles. The van der Waals surface area contributed by atoms with Crippen LogP contribution in [0, 0.1) is 5.82 Å². The van der Waals surface area contributed by atoms with Gasteiger partial charge in [0.15, 0.2) is 0 Å². The molecule has 0 aliphatic heterocycles. The molecule has 0 amide bonds. The maximum absolute atomic E-state index is 13.5. The van der Waals surface area contributed by atoms with Crippen LogP contribution in [0.3, 0.4) is 0 Å². The summed E-state index contributed by atoms with van der Waals surface area (Å²) in [7, 11) is 1.87. The molecule has 82 valence electrons. The highest BCUT2D eigenvalue weighted by Crippen LogP contribution is 2.34. The summed E-state index contributed by atoms with van der Waals surface area (Å²) in [4.78, 5) is 1.88. The highest BCUT2D eigenvalue weighted by atomic mass is 79.9. The Morgan fingerprint density at radius 3 is 2.80 bits per heavy atom. The number of anilines is 1. The number of rotatable bonds is 3. The minimum Gasteiger partial charge on any atom is -0.370 e. The molecule has 1 aliphatic carbocycles. The van der Waals surface area contributed by atoms with Crippen LogP contribution >= 0.6 is 15.9 Å². The van der Waals surface area contributed by atoms with Gasteiger partial charge in [-0.1, -0.05) is 15.9 Å². The Labute approximate surface area is 97.4 Å². The third kappa shape index (κ3) is 2.49. The normalized spacial score (nSPS) is 17.6. The first-order chi connectivity index (χ1) is 7.00. The smallest absolute Gasteiger partial charge is 0.146 e. The third-order valence-corrected chi connectivity index (χ3v) is 3.26. The Bertz CT molecular complexity index is 377. The predicted molar refractivity (Wildman–Crippen MR) is 63.5 cm³/mol. The standard InChI is InChI=1S/C11H14BrFN2/c1-15(7-11(14)4-5-11)10-6-8(12)2-3-9(10)13/h2-3,6H,4-5,7,14H2,1H3. The molecule has 1 aromatic carbocycles. The van der Waals surface area contributed by atoms with Crippen LogP contribution in [0.5, 0.6) is 0 Å². The Morgan fingerprint density at radius 2 is 2.20 bits per heavy atom. The summed E-state index contributed by atoms with van der Waals surface area (Å²) < 4.78 is 14.4. The van der Waals surface area contributed by atoms with Crippen LogP contribution < -0.4 is 10.6 Å². The number of hydrogen-bond acceptors (Lipinski definition) is 2. The molecule has 15 heavy (non-hydrogen) atoms. The van der Waals surface area contributed by atoms with Gasteiger partial charge in [-0.05, 0) is 31.0 Å². The second-order valence-electron chi connectivity index (χ2n) is 4.31. The van der Waals surface area contributed by atoms with Gasteiger partial charge in [-0.3, -0.25) is 0 Å². The summed E-state index contributed by atoms with van der Waals surface area (Å²) in [5, 5.41) is 0. The van der Waals surface area contributed by atoms with Crippen LogP contribution in [0.4, 0.5) is 10.1 Å². The number of halogens is 2. The molecule has 1 aromatic rings. The number of benzene rings is 1. The molecule has 1 fully saturated rings. The van der Waals surface area contributed by atoms with Gasteiger partial charge < -0.3 is 10.6 Å². The fourth-order valence-corrected chi connectivity index (χ4v) is 2.00. The minimum absolute atomic E-state index is 0.0937. The minimum atomic E-state index is -0.204. The Morgan fingerprint density at radius 1 is 1.53 bits per heavy atom. The van der Waals surface area contributed by atoms with E-state index in [0.29, 0.717) is 12.2 Å². The monoisotopic (exact) mass is 272 g/mol.